The molecule has 0 saturated heterocycles. The molecule has 0 spiro atoms. The van der Waals surface area contributed by atoms with Crippen LogP contribution in [-0.2, 0) is 0 Å². The lowest BCUT2D eigenvalue weighted by Crippen LogP contribution is -1.83. The lowest BCUT2D eigenvalue weighted by Gasteiger charge is -1.91. The molecule has 0 saturated carbocycles. The first-order valence-corrected chi connectivity index (χ1v) is 5.08. The number of nitrogens with two attached hydrogens (primary N) is 1. The molecular weight excluding hydrogens is 194 g/mol. The van der Waals surface area contributed by atoms with E-state index in [4.69, 9.17) is 5.73 Å². The zero-order valence-electron chi connectivity index (χ0n) is 9.40. The molecule has 1 aromatic rings. The predicted molar refractivity (Wildman–Crippen MR) is 70.8 cm³/mol. The lowest BCUT2D eigenvalue weighted by molar-refractivity contribution is 1.63. The summed E-state index contributed by atoms with van der Waals surface area (Å²) in [5.74, 6) is 5.99. The summed E-state index contributed by atoms with van der Waals surface area (Å²) in [4.78, 5) is 0. The maximum atomic E-state index is 5.58. The van der Waals surface area contributed by atoms with Crippen LogP contribution in [-0.4, -0.2) is 0 Å². The SMILES string of the molecule is C=C(C#Cc1ccc(N)cc1)/C=C\C=C/C. The quantitative estimate of drug-likeness (QED) is 0.451. The maximum absolute atomic E-state index is 5.58. The van der Waals surface area contributed by atoms with Crippen molar-refractivity contribution in [2.45, 2.75) is 6.92 Å². The van der Waals surface area contributed by atoms with Gasteiger partial charge in [0.25, 0.3) is 0 Å². The molecule has 0 heterocycles. The molecule has 80 valence electrons. The van der Waals surface area contributed by atoms with Crippen LogP contribution in [0.25, 0.3) is 0 Å². The van der Waals surface area contributed by atoms with Gasteiger partial charge in [-0.2, -0.15) is 0 Å². The van der Waals surface area contributed by atoms with Crippen molar-refractivity contribution in [1.82, 2.24) is 0 Å². The Bertz CT molecular complexity index is 464. The highest BCUT2D eigenvalue weighted by molar-refractivity contribution is 5.48. The van der Waals surface area contributed by atoms with Gasteiger partial charge in [-0.1, -0.05) is 36.6 Å². The van der Waals surface area contributed by atoms with E-state index >= 15 is 0 Å². The van der Waals surface area contributed by atoms with Crippen LogP contribution in [0, 0.1) is 11.8 Å². The van der Waals surface area contributed by atoms with Crippen LogP contribution in [0.2, 0.25) is 0 Å². The molecule has 0 aliphatic rings. The maximum Gasteiger partial charge on any atom is 0.0314 e. The van der Waals surface area contributed by atoms with Crippen LogP contribution >= 0.6 is 0 Å². The van der Waals surface area contributed by atoms with E-state index in [-0.39, 0.29) is 0 Å². The highest BCUT2D eigenvalue weighted by atomic mass is 14.5. The summed E-state index contributed by atoms with van der Waals surface area (Å²) >= 11 is 0. The van der Waals surface area contributed by atoms with Gasteiger partial charge in [0.1, 0.15) is 0 Å². The van der Waals surface area contributed by atoms with Crippen molar-refractivity contribution in [3.63, 3.8) is 0 Å². The Morgan fingerprint density at radius 2 is 1.94 bits per heavy atom. The third-order valence-electron chi connectivity index (χ3n) is 1.88. The van der Waals surface area contributed by atoms with Crippen molar-refractivity contribution < 1.29 is 0 Å². The molecule has 1 nitrogen and oxygen atoms in total. The van der Waals surface area contributed by atoms with Crippen LogP contribution < -0.4 is 5.73 Å². The Balaban J connectivity index is 2.67. The fraction of sp³-hybridized carbons (Fsp3) is 0.0667. The van der Waals surface area contributed by atoms with Crippen molar-refractivity contribution in [2.24, 2.45) is 0 Å². The average molecular weight is 209 g/mol. The van der Waals surface area contributed by atoms with Crippen LogP contribution in [0.15, 0.2) is 60.7 Å². The summed E-state index contributed by atoms with van der Waals surface area (Å²) in [5.41, 5.74) is 8.05. The summed E-state index contributed by atoms with van der Waals surface area (Å²) in [6.07, 6.45) is 7.69. The first-order valence-electron chi connectivity index (χ1n) is 5.08. The van der Waals surface area contributed by atoms with Crippen LogP contribution in [0.4, 0.5) is 5.69 Å². The summed E-state index contributed by atoms with van der Waals surface area (Å²) in [7, 11) is 0. The van der Waals surface area contributed by atoms with E-state index in [1.807, 2.05) is 55.5 Å². The lowest BCUT2D eigenvalue weighted by atomic mass is 10.2. The first-order chi connectivity index (χ1) is 7.72. The molecule has 1 aromatic carbocycles. The van der Waals surface area contributed by atoms with E-state index in [1.54, 1.807) is 0 Å². The molecule has 2 N–H and O–H groups in total. The Morgan fingerprint density at radius 1 is 1.25 bits per heavy atom. The summed E-state index contributed by atoms with van der Waals surface area (Å²) in [5, 5.41) is 0. The fourth-order valence-corrected chi connectivity index (χ4v) is 1.04. The molecule has 0 amide bonds. The minimum atomic E-state index is 0.748. The third-order valence-corrected chi connectivity index (χ3v) is 1.88. The highest BCUT2D eigenvalue weighted by Crippen LogP contribution is 2.04. The van der Waals surface area contributed by atoms with Gasteiger partial charge in [0.05, 0.1) is 0 Å². The Morgan fingerprint density at radius 3 is 2.56 bits per heavy atom. The number of allylic oxidation sites excluding steroid dienone is 5. The van der Waals surface area contributed by atoms with E-state index in [2.05, 4.69) is 18.4 Å². The van der Waals surface area contributed by atoms with Crippen LogP contribution in [0.1, 0.15) is 12.5 Å². The van der Waals surface area contributed by atoms with Crippen molar-refractivity contribution >= 4 is 5.69 Å². The van der Waals surface area contributed by atoms with Crippen molar-refractivity contribution in [1.29, 1.82) is 0 Å². The van der Waals surface area contributed by atoms with E-state index in [0.717, 1.165) is 16.8 Å². The number of hydrogen-bond donors (Lipinski definition) is 1. The number of hydrogen-bond acceptors (Lipinski definition) is 1. The summed E-state index contributed by atoms with van der Waals surface area (Å²) in [6.45, 7) is 5.81. The Hall–Kier alpha value is -2.20. The molecule has 0 unspecified atom stereocenters. The normalized spacial score (nSPS) is 10.3. The number of benzene rings is 1. The fourth-order valence-electron chi connectivity index (χ4n) is 1.04. The molecule has 0 aliphatic carbocycles. The predicted octanol–water partition coefficient (Wildman–Crippen LogP) is 3.31. The minimum Gasteiger partial charge on any atom is -0.399 e. The topological polar surface area (TPSA) is 26.0 Å². The van der Waals surface area contributed by atoms with E-state index in [9.17, 15) is 0 Å². The third kappa shape index (κ3) is 4.34. The molecule has 0 radical (unpaired) electrons. The molecule has 1 heteroatoms. The second kappa shape index (κ2) is 6.31. The zero-order chi connectivity index (χ0) is 11.8. The van der Waals surface area contributed by atoms with Gasteiger partial charge in [0.2, 0.25) is 0 Å². The molecule has 0 aliphatic heterocycles. The first kappa shape index (κ1) is 11.9. The molecule has 16 heavy (non-hydrogen) atoms. The standard InChI is InChI=1S/C15H15N/c1-3-4-5-6-13(2)7-8-14-9-11-15(16)12-10-14/h3-6,9-12H,2,16H2,1H3/b4-3-,6-5-. The molecule has 0 aromatic heterocycles. The second-order valence-electron chi connectivity index (χ2n) is 3.28. The number of nitrogen functional groups attached to an aromatic ring is 1. The Labute approximate surface area is 97.0 Å². The zero-order valence-corrected chi connectivity index (χ0v) is 9.40. The molecule has 0 fully saturated rings. The average Bonchev–Trinajstić information content (AvgIpc) is 2.29. The van der Waals surface area contributed by atoms with Gasteiger partial charge >= 0.3 is 0 Å². The molecule has 1 rings (SSSR count). The van der Waals surface area contributed by atoms with Crippen LogP contribution in [0.3, 0.4) is 0 Å². The van der Waals surface area contributed by atoms with Crippen molar-refractivity contribution in [3.8, 4) is 11.8 Å². The monoisotopic (exact) mass is 209 g/mol. The number of rotatable bonds is 2. The summed E-state index contributed by atoms with van der Waals surface area (Å²) < 4.78 is 0. The largest absolute Gasteiger partial charge is 0.399 e. The van der Waals surface area contributed by atoms with Gasteiger partial charge in [0.15, 0.2) is 0 Å². The minimum absolute atomic E-state index is 0.748. The van der Waals surface area contributed by atoms with Gasteiger partial charge in [-0.3, -0.25) is 0 Å². The number of anilines is 1. The van der Waals surface area contributed by atoms with Crippen molar-refractivity contribution in [2.75, 3.05) is 5.73 Å². The molecule has 0 atom stereocenters. The highest BCUT2D eigenvalue weighted by Gasteiger charge is 1.86. The molecule has 0 bridgehead atoms. The van der Waals surface area contributed by atoms with Gasteiger partial charge in [0, 0.05) is 16.8 Å². The van der Waals surface area contributed by atoms with Gasteiger partial charge < -0.3 is 5.73 Å². The second-order valence-corrected chi connectivity index (χ2v) is 3.28. The smallest absolute Gasteiger partial charge is 0.0314 e. The van der Waals surface area contributed by atoms with Crippen LogP contribution in [0.5, 0.6) is 0 Å². The van der Waals surface area contributed by atoms with E-state index in [0.29, 0.717) is 0 Å². The van der Waals surface area contributed by atoms with Gasteiger partial charge in [-0.15, -0.1) is 0 Å². The van der Waals surface area contributed by atoms with E-state index < -0.39 is 0 Å². The van der Waals surface area contributed by atoms with E-state index in [1.165, 1.54) is 0 Å². The van der Waals surface area contributed by atoms with Gasteiger partial charge in [-0.05, 0) is 37.3 Å². The van der Waals surface area contributed by atoms with Gasteiger partial charge in [-0.25, -0.2) is 0 Å². The molecular formula is C15H15N. The Kier molecular flexibility index (Phi) is 4.69. The summed E-state index contributed by atoms with van der Waals surface area (Å²) in [6, 6.07) is 7.46. The van der Waals surface area contributed by atoms with Crippen molar-refractivity contribution in [3.05, 3.63) is 66.3 Å².